The van der Waals surface area contributed by atoms with Gasteiger partial charge in [0.25, 0.3) is 0 Å². The van der Waals surface area contributed by atoms with Gasteiger partial charge < -0.3 is 15.3 Å². The lowest BCUT2D eigenvalue weighted by atomic mass is 9.74. The summed E-state index contributed by atoms with van der Waals surface area (Å²) in [7, 11) is 0. The fraction of sp³-hybridized carbons (Fsp3) is 0.207. The van der Waals surface area contributed by atoms with Crippen molar-refractivity contribution in [3.05, 3.63) is 82.9 Å². The third-order valence-corrected chi connectivity index (χ3v) is 7.88. The number of halogens is 6. The lowest BCUT2D eigenvalue weighted by Crippen LogP contribution is -2.55. The van der Waals surface area contributed by atoms with Crippen LogP contribution in [0, 0.1) is 22.7 Å². The van der Waals surface area contributed by atoms with E-state index in [4.69, 9.17) is 29.7 Å². The van der Waals surface area contributed by atoms with Crippen molar-refractivity contribution in [2.24, 2.45) is 4.99 Å². The molecule has 7 nitrogen and oxygen atoms in total. The van der Waals surface area contributed by atoms with Crippen LogP contribution < -0.4 is 15.1 Å². The van der Waals surface area contributed by atoms with E-state index in [1.807, 2.05) is 0 Å². The number of amidine groups is 1. The van der Waals surface area contributed by atoms with Crippen LogP contribution in [-0.4, -0.2) is 26.7 Å². The zero-order chi connectivity index (χ0) is 32.0. The van der Waals surface area contributed by atoms with Gasteiger partial charge >= 0.3 is 12.4 Å². The quantitative estimate of drug-likeness (QED) is 0.224. The van der Waals surface area contributed by atoms with Crippen molar-refractivity contribution in [1.82, 2.24) is 0 Å². The number of thiocarbonyl (C=S) groups is 2. The minimum absolute atomic E-state index is 0.0276. The number of alkyl halides is 6. The highest BCUT2D eigenvalue weighted by Crippen LogP contribution is 2.49. The number of benzene rings is 3. The van der Waals surface area contributed by atoms with Crippen molar-refractivity contribution in [3.8, 4) is 17.9 Å². The molecule has 0 bridgehead atoms. The molecule has 3 aromatic rings. The summed E-state index contributed by atoms with van der Waals surface area (Å²) in [5.41, 5.74) is -4.23. The van der Waals surface area contributed by atoms with Gasteiger partial charge in [-0.1, -0.05) is 0 Å². The second kappa shape index (κ2) is 11.1. The molecule has 2 fully saturated rings. The molecule has 5 rings (SSSR count). The van der Waals surface area contributed by atoms with Crippen LogP contribution in [0.1, 0.15) is 41.5 Å². The van der Waals surface area contributed by atoms with Gasteiger partial charge in [-0.25, -0.2) is 4.99 Å². The number of rotatable bonds is 3. The Bertz CT molecular complexity index is 1790. The number of aliphatic imine (C=N–C) groups is 1. The molecule has 2 aliphatic rings. The molecule has 1 heterocycles. The summed E-state index contributed by atoms with van der Waals surface area (Å²) in [6, 6.07) is 15.0. The third-order valence-electron chi connectivity index (χ3n) is 7.32. The number of nitriles is 2. The molecular formula is C29H18F6N6OS2. The van der Waals surface area contributed by atoms with E-state index in [0.29, 0.717) is 31.0 Å². The minimum atomic E-state index is -4.87. The second-order valence-corrected chi connectivity index (χ2v) is 10.7. The highest BCUT2D eigenvalue weighted by molar-refractivity contribution is 7.81. The molecule has 1 saturated carbocycles. The number of hydrogen-bond donors (Lipinski definition) is 2. The number of anilines is 3. The van der Waals surface area contributed by atoms with Gasteiger partial charge in [-0.3, -0.25) is 4.90 Å². The fourth-order valence-electron chi connectivity index (χ4n) is 5.19. The Hall–Kier alpha value is -4.73. The molecule has 0 unspecified atom stereocenters. The van der Waals surface area contributed by atoms with Crippen LogP contribution in [0.5, 0.6) is 5.75 Å². The molecule has 0 atom stereocenters. The lowest BCUT2D eigenvalue weighted by molar-refractivity contribution is -0.138. The Labute approximate surface area is 257 Å². The molecule has 2 N–H and O–H groups in total. The fourth-order valence-corrected chi connectivity index (χ4v) is 5.87. The van der Waals surface area contributed by atoms with Gasteiger partial charge in [-0.2, -0.15) is 36.9 Å². The van der Waals surface area contributed by atoms with E-state index in [1.165, 1.54) is 41.3 Å². The Morgan fingerprint density at radius 3 is 1.93 bits per heavy atom. The van der Waals surface area contributed by atoms with Crippen molar-refractivity contribution in [2.45, 2.75) is 37.2 Å². The van der Waals surface area contributed by atoms with Crippen LogP contribution in [-0.2, 0) is 12.4 Å². The van der Waals surface area contributed by atoms with Gasteiger partial charge in [0, 0.05) is 11.4 Å². The van der Waals surface area contributed by atoms with Crippen molar-refractivity contribution in [1.29, 1.82) is 10.5 Å². The molecular weight excluding hydrogens is 626 g/mol. The Balaban J connectivity index is 1.64. The maximum Gasteiger partial charge on any atom is 0.417 e. The third kappa shape index (κ3) is 5.40. The number of phenolic OH excluding ortho intramolecular Hbond substituents is 1. The second-order valence-electron chi connectivity index (χ2n) is 9.93. The van der Waals surface area contributed by atoms with E-state index < -0.39 is 40.1 Å². The molecule has 15 heteroatoms. The van der Waals surface area contributed by atoms with Crippen LogP contribution in [0.4, 0.5) is 43.4 Å². The minimum Gasteiger partial charge on any atom is -0.508 e. The van der Waals surface area contributed by atoms with E-state index in [1.54, 1.807) is 17.0 Å². The van der Waals surface area contributed by atoms with E-state index in [0.717, 1.165) is 18.2 Å². The molecule has 1 aliphatic heterocycles. The summed E-state index contributed by atoms with van der Waals surface area (Å²) in [4.78, 5) is 7.50. The van der Waals surface area contributed by atoms with E-state index >= 15 is 0 Å². The van der Waals surface area contributed by atoms with Gasteiger partial charge in [0.05, 0.1) is 40.1 Å². The zero-order valence-corrected chi connectivity index (χ0v) is 23.8. The average molecular weight is 645 g/mol. The van der Waals surface area contributed by atoms with Crippen molar-refractivity contribution in [2.75, 3.05) is 15.1 Å². The first-order valence-corrected chi connectivity index (χ1v) is 13.6. The summed E-state index contributed by atoms with van der Waals surface area (Å²) in [6.07, 6.45) is -8.10. The molecule has 3 aromatic carbocycles. The first-order chi connectivity index (χ1) is 20.7. The van der Waals surface area contributed by atoms with E-state index in [9.17, 15) is 36.7 Å². The normalized spacial score (nSPS) is 16.9. The molecule has 1 saturated heterocycles. The first-order valence-electron chi connectivity index (χ1n) is 12.8. The zero-order valence-electron chi connectivity index (χ0n) is 22.2. The molecule has 0 radical (unpaired) electrons. The first kappa shape index (κ1) is 30.7. The van der Waals surface area contributed by atoms with Crippen LogP contribution in [0.15, 0.2) is 65.7 Å². The van der Waals surface area contributed by atoms with Gasteiger partial charge in [-0.05, 0) is 104 Å². The van der Waals surface area contributed by atoms with Crippen molar-refractivity contribution in [3.63, 3.8) is 0 Å². The monoisotopic (exact) mass is 644 g/mol. The SMILES string of the molecule is N#Cc1ccc(NC(=S)N=C2N(c3ccc(C#N)c(C(F)(F)F)c3)C(=S)N(c3ccc(O)cc3)C23CCC3)cc1C(F)(F)F. The molecule has 1 spiro atoms. The molecule has 1 aliphatic carbocycles. The van der Waals surface area contributed by atoms with Gasteiger partial charge in [0.1, 0.15) is 17.1 Å². The van der Waals surface area contributed by atoms with Gasteiger partial charge in [0.15, 0.2) is 10.2 Å². The topological polar surface area (TPSA) is 98.7 Å². The largest absolute Gasteiger partial charge is 0.508 e. The van der Waals surface area contributed by atoms with Crippen LogP contribution in [0.3, 0.4) is 0 Å². The Kier molecular flexibility index (Phi) is 7.73. The van der Waals surface area contributed by atoms with Gasteiger partial charge in [0.2, 0.25) is 0 Å². The molecule has 0 amide bonds. The number of nitrogens with zero attached hydrogens (tertiary/aromatic N) is 5. The predicted molar refractivity (Wildman–Crippen MR) is 158 cm³/mol. The molecule has 0 aromatic heterocycles. The Morgan fingerprint density at radius 1 is 0.864 bits per heavy atom. The molecule has 44 heavy (non-hydrogen) atoms. The smallest absolute Gasteiger partial charge is 0.417 e. The highest BCUT2D eigenvalue weighted by atomic mass is 32.1. The summed E-state index contributed by atoms with van der Waals surface area (Å²) in [5, 5.41) is 30.6. The molecule has 224 valence electrons. The van der Waals surface area contributed by atoms with E-state index in [2.05, 4.69) is 10.3 Å². The van der Waals surface area contributed by atoms with Crippen LogP contribution >= 0.6 is 24.4 Å². The summed E-state index contributed by atoms with van der Waals surface area (Å²) in [5.74, 6) is 0.0991. The summed E-state index contributed by atoms with van der Waals surface area (Å²) in [6.45, 7) is 0. The highest BCUT2D eigenvalue weighted by Gasteiger charge is 2.58. The number of phenols is 1. The predicted octanol–water partition coefficient (Wildman–Crippen LogP) is 7.50. The maximum absolute atomic E-state index is 13.9. The van der Waals surface area contributed by atoms with Crippen LogP contribution in [0.2, 0.25) is 0 Å². The van der Waals surface area contributed by atoms with E-state index in [-0.39, 0.29) is 33.2 Å². The number of aromatic hydroxyl groups is 1. The van der Waals surface area contributed by atoms with Crippen molar-refractivity contribution < 1.29 is 31.4 Å². The van der Waals surface area contributed by atoms with Crippen molar-refractivity contribution >= 4 is 57.6 Å². The summed E-state index contributed by atoms with van der Waals surface area (Å²) < 4.78 is 82.4. The summed E-state index contributed by atoms with van der Waals surface area (Å²) >= 11 is 11.2. The number of hydrogen-bond acceptors (Lipinski definition) is 5. The maximum atomic E-state index is 13.9. The number of nitrogens with one attached hydrogen (secondary N) is 1. The lowest BCUT2D eigenvalue weighted by Gasteiger charge is -2.44. The standard InChI is InChI=1S/C29H18F6N6OS2/c30-28(31,32)22-12-18(4-2-16(22)14-36)38-25(43)39-24-27(10-1-11-27)41(19-6-8-21(42)9-7-19)26(44)40(24)20-5-3-17(15-37)23(13-20)29(33,34)35/h2-9,12-13,42H,1,10-11H2,(H,38,43). The Morgan fingerprint density at radius 2 is 1.41 bits per heavy atom. The average Bonchev–Trinajstić information content (AvgIpc) is 3.20. The van der Waals surface area contributed by atoms with Gasteiger partial charge in [-0.15, -0.1) is 0 Å². The van der Waals surface area contributed by atoms with Crippen LogP contribution in [0.25, 0.3) is 0 Å².